The Hall–Kier alpha value is -2.01. The van der Waals surface area contributed by atoms with Gasteiger partial charge in [-0.05, 0) is 18.2 Å². The lowest BCUT2D eigenvalue weighted by atomic mass is 10.1. The van der Waals surface area contributed by atoms with Gasteiger partial charge in [-0.2, -0.15) is 0 Å². The number of nitrogens with zero attached hydrogens (tertiary/aromatic N) is 4. The van der Waals surface area contributed by atoms with Gasteiger partial charge in [-0.25, -0.2) is 9.97 Å². The Kier molecular flexibility index (Phi) is 2.26. The standard InChI is InChI=1S/C11H7ClN4O/c1-6-15-16-11(17-6)7-2-3-8-9(4-7)13-5-14-10(8)12/h2-5H,1H3. The predicted octanol–water partition coefficient (Wildman–Crippen LogP) is 2.64. The van der Waals surface area contributed by atoms with Gasteiger partial charge in [0.15, 0.2) is 0 Å². The molecule has 0 N–H and O–H groups in total. The molecule has 5 nitrogen and oxygen atoms in total. The highest BCUT2D eigenvalue weighted by Gasteiger charge is 2.08. The molecule has 84 valence electrons. The second-order valence-electron chi connectivity index (χ2n) is 3.52. The molecule has 3 aromatic rings. The number of halogens is 1. The molecule has 0 radical (unpaired) electrons. The number of hydrogen-bond acceptors (Lipinski definition) is 5. The van der Waals surface area contributed by atoms with Gasteiger partial charge < -0.3 is 4.42 Å². The van der Waals surface area contributed by atoms with Gasteiger partial charge in [-0.15, -0.1) is 10.2 Å². The van der Waals surface area contributed by atoms with Crippen molar-refractivity contribution in [2.75, 3.05) is 0 Å². The summed E-state index contributed by atoms with van der Waals surface area (Å²) in [6.07, 6.45) is 1.42. The number of hydrogen-bond donors (Lipinski definition) is 0. The van der Waals surface area contributed by atoms with Crippen LogP contribution in [0.3, 0.4) is 0 Å². The third-order valence-corrected chi connectivity index (χ3v) is 2.66. The number of aromatic nitrogens is 4. The molecule has 17 heavy (non-hydrogen) atoms. The van der Waals surface area contributed by atoms with Crippen LogP contribution in [0.25, 0.3) is 22.4 Å². The van der Waals surface area contributed by atoms with Crippen LogP contribution in [0.5, 0.6) is 0 Å². The Balaban J connectivity index is 2.20. The van der Waals surface area contributed by atoms with Gasteiger partial charge in [0, 0.05) is 17.9 Å². The Labute approximate surface area is 101 Å². The highest BCUT2D eigenvalue weighted by molar-refractivity contribution is 6.34. The summed E-state index contributed by atoms with van der Waals surface area (Å²) in [5.74, 6) is 1.000. The van der Waals surface area contributed by atoms with E-state index in [2.05, 4.69) is 20.2 Å². The molecule has 0 amide bonds. The Morgan fingerprint density at radius 3 is 2.82 bits per heavy atom. The third kappa shape index (κ3) is 1.74. The summed E-state index contributed by atoms with van der Waals surface area (Å²) in [6, 6.07) is 5.53. The van der Waals surface area contributed by atoms with E-state index in [-0.39, 0.29) is 0 Å². The van der Waals surface area contributed by atoms with Crippen molar-refractivity contribution in [2.24, 2.45) is 0 Å². The first-order valence-electron chi connectivity index (χ1n) is 4.95. The minimum atomic E-state index is 0.434. The van der Waals surface area contributed by atoms with Crippen molar-refractivity contribution in [1.82, 2.24) is 20.2 Å². The fourth-order valence-corrected chi connectivity index (χ4v) is 1.77. The summed E-state index contributed by atoms with van der Waals surface area (Å²) in [4.78, 5) is 8.07. The van der Waals surface area contributed by atoms with Crippen molar-refractivity contribution in [3.63, 3.8) is 0 Å². The van der Waals surface area contributed by atoms with E-state index >= 15 is 0 Å². The van der Waals surface area contributed by atoms with Gasteiger partial charge in [0.25, 0.3) is 0 Å². The minimum Gasteiger partial charge on any atom is -0.421 e. The normalized spacial score (nSPS) is 10.9. The maximum atomic E-state index is 5.96. The number of aryl methyl sites for hydroxylation is 1. The Morgan fingerprint density at radius 1 is 1.18 bits per heavy atom. The van der Waals surface area contributed by atoms with Crippen LogP contribution in [0.2, 0.25) is 5.15 Å². The van der Waals surface area contributed by atoms with E-state index in [1.54, 1.807) is 6.92 Å². The van der Waals surface area contributed by atoms with Crippen LogP contribution >= 0.6 is 11.6 Å². The van der Waals surface area contributed by atoms with Gasteiger partial charge in [0.05, 0.1) is 5.52 Å². The summed E-state index contributed by atoms with van der Waals surface area (Å²) in [5.41, 5.74) is 1.56. The van der Waals surface area contributed by atoms with E-state index in [9.17, 15) is 0 Å². The van der Waals surface area contributed by atoms with Crippen molar-refractivity contribution in [3.8, 4) is 11.5 Å². The maximum absolute atomic E-state index is 5.96. The number of fused-ring (bicyclic) bond motifs is 1. The summed E-state index contributed by atoms with van der Waals surface area (Å²) < 4.78 is 5.35. The summed E-state index contributed by atoms with van der Waals surface area (Å²) in [5, 5.41) is 8.97. The highest BCUT2D eigenvalue weighted by Crippen LogP contribution is 2.25. The van der Waals surface area contributed by atoms with E-state index in [0.717, 1.165) is 16.5 Å². The van der Waals surface area contributed by atoms with Gasteiger partial charge in [-0.3, -0.25) is 0 Å². The third-order valence-electron chi connectivity index (χ3n) is 2.36. The molecule has 6 heteroatoms. The molecule has 0 bridgehead atoms. The molecule has 0 saturated carbocycles. The van der Waals surface area contributed by atoms with Crippen LogP contribution in [0.15, 0.2) is 28.9 Å². The van der Waals surface area contributed by atoms with Crippen molar-refractivity contribution in [1.29, 1.82) is 0 Å². The van der Waals surface area contributed by atoms with Crippen molar-refractivity contribution < 1.29 is 4.42 Å². The van der Waals surface area contributed by atoms with Gasteiger partial charge in [0.1, 0.15) is 11.5 Å². The van der Waals surface area contributed by atoms with Gasteiger partial charge >= 0.3 is 0 Å². The van der Waals surface area contributed by atoms with E-state index in [4.69, 9.17) is 16.0 Å². The average Bonchev–Trinajstić information content (AvgIpc) is 2.76. The summed E-state index contributed by atoms with van der Waals surface area (Å²) in [7, 11) is 0. The van der Waals surface area contributed by atoms with E-state index < -0.39 is 0 Å². The van der Waals surface area contributed by atoms with E-state index in [1.807, 2.05) is 18.2 Å². The highest BCUT2D eigenvalue weighted by atomic mass is 35.5. The molecular formula is C11H7ClN4O. The van der Waals surface area contributed by atoms with Gasteiger partial charge in [0.2, 0.25) is 11.8 Å². The molecule has 1 aromatic carbocycles. The second kappa shape index (κ2) is 3.78. The lowest BCUT2D eigenvalue weighted by Gasteiger charge is -2.00. The first-order chi connectivity index (χ1) is 8.24. The van der Waals surface area contributed by atoms with E-state index in [1.165, 1.54) is 6.33 Å². The zero-order valence-corrected chi connectivity index (χ0v) is 9.64. The Bertz CT molecular complexity index is 695. The zero-order valence-electron chi connectivity index (χ0n) is 8.88. The van der Waals surface area contributed by atoms with Crippen LogP contribution in [-0.2, 0) is 0 Å². The molecular weight excluding hydrogens is 240 g/mol. The fraction of sp³-hybridized carbons (Fsp3) is 0.0909. The topological polar surface area (TPSA) is 64.7 Å². The van der Waals surface area contributed by atoms with Crippen molar-refractivity contribution >= 4 is 22.5 Å². The van der Waals surface area contributed by atoms with Crippen LogP contribution in [-0.4, -0.2) is 20.2 Å². The lowest BCUT2D eigenvalue weighted by molar-refractivity contribution is 0.533. The number of rotatable bonds is 1. The van der Waals surface area contributed by atoms with Gasteiger partial charge in [-0.1, -0.05) is 11.6 Å². The molecule has 2 heterocycles. The maximum Gasteiger partial charge on any atom is 0.247 e. The van der Waals surface area contributed by atoms with Crippen LogP contribution < -0.4 is 0 Å². The monoisotopic (exact) mass is 246 g/mol. The molecule has 0 saturated heterocycles. The van der Waals surface area contributed by atoms with Crippen molar-refractivity contribution in [2.45, 2.75) is 6.92 Å². The lowest BCUT2D eigenvalue weighted by Crippen LogP contribution is -1.85. The fourth-order valence-electron chi connectivity index (χ4n) is 1.57. The molecule has 2 aromatic heterocycles. The first-order valence-corrected chi connectivity index (χ1v) is 5.32. The second-order valence-corrected chi connectivity index (χ2v) is 3.88. The molecule has 0 aliphatic rings. The number of benzene rings is 1. The SMILES string of the molecule is Cc1nnc(-c2ccc3c(Cl)ncnc3c2)o1. The smallest absolute Gasteiger partial charge is 0.247 e. The molecule has 3 rings (SSSR count). The molecule has 0 atom stereocenters. The molecule has 0 spiro atoms. The van der Waals surface area contributed by atoms with Crippen LogP contribution in [0, 0.1) is 6.92 Å². The molecule has 0 aliphatic carbocycles. The minimum absolute atomic E-state index is 0.434. The molecule has 0 fully saturated rings. The predicted molar refractivity (Wildman–Crippen MR) is 62.6 cm³/mol. The molecule has 0 aliphatic heterocycles. The average molecular weight is 247 g/mol. The van der Waals surface area contributed by atoms with E-state index in [0.29, 0.717) is 16.9 Å². The molecule has 0 unspecified atom stereocenters. The largest absolute Gasteiger partial charge is 0.421 e. The first kappa shape index (κ1) is 10.2. The van der Waals surface area contributed by atoms with Crippen LogP contribution in [0.1, 0.15) is 5.89 Å². The quantitative estimate of drug-likeness (QED) is 0.618. The zero-order chi connectivity index (χ0) is 11.8. The summed E-state index contributed by atoms with van der Waals surface area (Å²) in [6.45, 7) is 1.75. The Morgan fingerprint density at radius 2 is 2.06 bits per heavy atom. The van der Waals surface area contributed by atoms with Crippen molar-refractivity contribution in [3.05, 3.63) is 35.6 Å². The summed E-state index contributed by atoms with van der Waals surface area (Å²) >= 11 is 5.96. The van der Waals surface area contributed by atoms with Crippen LogP contribution in [0.4, 0.5) is 0 Å².